The van der Waals surface area contributed by atoms with Crippen molar-refractivity contribution in [3.8, 4) is 0 Å². The van der Waals surface area contributed by atoms with Gasteiger partial charge < -0.3 is 0 Å². The Balaban J connectivity index is 1.66. The zero-order valence-electron chi connectivity index (χ0n) is 20.2. The molecule has 0 N–H and O–H groups in total. The first-order chi connectivity index (χ1) is 17.4. The molecule has 0 radical (unpaired) electrons. The number of fused-ring (bicyclic) bond motifs is 3. The third-order valence-electron chi connectivity index (χ3n) is 8.36. The topological polar surface area (TPSA) is 34.1 Å². The average molecular weight is 535 g/mol. The third-order valence-corrected chi connectivity index (χ3v) is 10.9. The summed E-state index contributed by atoms with van der Waals surface area (Å²) in [6.45, 7) is 0.483. The van der Waals surface area contributed by atoms with E-state index in [2.05, 4.69) is 0 Å². The van der Waals surface area contributed by atoms with E-state index < -0.39 is 37.8 Å². The number of sulfone groups is 1. The van der Waals surface area contributed by atoms with E-state index in [9.17, 15) is 30.4 Å². The minimum absolute atomic E-state index is 0.0261. The van der Waals surface area contributed by atoms with Gasteiger partial charge in [0.05, 0.1) is 4.90 Å². The lowest BCUT2D eigenvalue weighted by atomic mass is 9.71. The molecule has 0 amide bonds. The third kappa shape index (κ3) is 4.08. The molecule has 37 heavy (non-hydrogen) atoms. The zero-order chi connectivity index (χ0) is 26.6. The van der Waals surface area contributed by atoms with Crippen LogP contribution in [0.4, 0.5) is 22.0 Å². The molecule has 2 aliphatic rings. The Bertz CT molecular complexity index is 1400. The molecule has 0 heterocycles. The van der Waals surface area contributed by atoms with E-state index in [4.69, 9.17) is 0 Å². The summed E-state index contributed by atoms with van der Waals surface area (Å²) in [4.78, 5) is -0.0261. The lowest BCUT2D eigenvalue weighted by molar-refractivity contribution is -0.228. The van der Waals surface area contributed by atoms with Crippen molar-refractivity contribution in [2.24, 2.45) is 11.8 Å². The van der Waals surface area contributed by atoms with Crippen LogP contribution in [0.1, 0.15) is 48.4 Å². The molecule has 0 aliphatic heterocycles. The molecule has 5 rings (SSSR count). The van der Waals surface area contributed by atoms with E-state index in [1.54, 1.807) is 0 Å². The highest BCUT2D eigenvalue weighted by molar-refractivity contribution is 7.92. The summed E-state index contributed by atoms with van der Waals surface area (Å²) >= 11 is 0. The van der Waals surface area contributed by atoms with Crippen LogP contribution in [0, 0.1) is 17.7 Å². The normalized spacial score (nSPS) is 25.2. The predicted molar refractivity (Wildman–Crippen MR) is 131 cm³/mol. The fourth-order valence-electron chi connectivity index (χ4n) is 6.41. The Morgan fingerprint density at radius 3 is 2.24 bits per heavy atom. The molecule has 1 unspecified atom stereocenters. The molecule has 1 saturated carbocycles. The summed E-state index contributed by atoms with van der Waals surface area (Å²) in [7, 11) is -4.08. The molecule has 0 aromatic heterocycles. The van der Waals surface area contributed by atoms with Gasteiger partial charge in [-0.3, -0.25) is 0 Å². The number of alkyl halides is 4. The van der Waals surface area contributed by atoms with Crippen molar-refractivity contribution < 1.29 is 30.4 Å². The van der Waals surface area contributed by atoms with Crippen molar-refractivity contribution in [3.05, 3.63) is 101 Å². The maximum Gasteiger partial charge on any atom is 0.426 e. The molecule has 2 aliphatic carbocycles. The number of halogens is 5. The lowest BCUT2D eigenvalue weighted by Gasteiger charge is -2.43. The van der Waals surface area contributed by atoms with Crippen LogP contribution in [0.5, 0.6) is 0 Å². The van der Waals surface area contributed by atoms with Gasteiger partial charge in [-0.15, -0.1) is 0 Å². The van der Waals surface area contributed by atoms with Crippen molar-refractivity contribution >= 4 is 9.84 Å². The predicted octanol–water partition coefficient (Wildman–Crippen LogP) is 7.46. The largest absolute Gasteiger partial charge is 0.426 e. The number of hydrogen-bond acceptors (Lipinski definition) is 2. The summed E-state index contributed by atoms with van der Waals surface area (Å²) in [6, 6.07) is 18.1. The van der Waals surface area contributed by atoms with Crippen LogP contribution in [0.25, 0.3) is 0 Å². The van der Waals surface area contributed by atoms with Gasteiger partial charge >= 0.3 is 6.18 Å². The van der Waals surface area contributed by atoms with E-state index in [1.807, 2.05) is 30.3 Å². The van der Waals surface area contributed by atoms with Gasteiger partial charge in [0.25, 0.3) is 0 Å². The van der Waals surface area contributed by atoms with Gasteiger partial charge in [-0.1, -0.05) is 48.5 Å². The Labute approximate surface area is 213 Å². The summed E-state index contributed by atoms with van der Waals surface area (Å²) in [6.07, 6.45) is -2.73. The smallest absolute Gasteiger partial charge is 0.229 e. The summed E-state index contributed by atoms with van der Waals surface area (Å²) < 4.78 is 96.1. The highest BCUT2D eigenvalue weighted by atomic mass is 32.2. The molecule has 0 spiro atoms. The number of aryl methyl sites for hydroxylation is 1. The lowest BCUT2D eigenvalue weighted by Crippen LogP contribution is -2.45. The first kappa shape index (κ1) is 25.9. The molecule has 4 atom stereocenters. The molecule has 2 nitrogen and oxygen atoms in total. The average Bonchev–Trinajstić information content (AvgIpc) is 3.24. The second-order valence-electron chi connectivity index (χ2n) is 10.4. The molecule has 196 valence electrons. The maximum absolute atomic E-state index is 14.8. The second-order valence-corrected chi connectivity index (χ2v) is 12.6. The summed E-state index contributed by atoms with van der Waals surface area (Å²) in [5.74, 6) is -0.822. The fourth-order valence-corrected chi connectivity index (χ4v) is 8.91. The summed E-state index contributed by atoms with van der Waals surface area (Å²) in [5.41, 5.74) is -2.15. The Morgan fingerprint density at radius 1 is 0.919 bits per heavy atom. The second kappa shape index (κ2) is 8.93. The molecule has 8 heteroatoms. The van der Waals surface area contributed by atoms with Crippen LogP contribution in [0.15, 0.2) is 77.7 Å². The van der Waals surface area contributed by atoms with E-state index >= 15 is 0 Å². The van der Waals surface area contributed by atoms with Crippen LogP contribution in [0.2, 0.25) is 0 Å². The molecular weight excluding hydrogens is 507 g/mol. The van der Waals surface area contributed by atoms with Gasteiger partial charge in [-0.2, -0.15) is 13.2 Å². The van der Waals surface area contributed by atoms with Crippen LogP contribution in [-0.4, -0.2) is 14.6 Å². The van der Waals surface area contributed by atoms with Crippen molar-refractivity contribution in [2.45, 2.75) is 60.5 Å². The zero-order valence-corrected chi connectivity index (χ0v) is 21.0. The number of rotatable bonds is 5. The van der Waals surface area contributed by atoms with Gasteiger partial charge in [0.2, 0.25) is 5.67 Å². The highest BCUT2D eigenvalue weighted by Gasteiger charge is 2.60. The van der Waals surface area contributed by atoms with Gasteiger partial charge in [0, 0.05) is 0 Å². The van der Waals surface area contributed by atoms with Crippen molar-refractivity contribution in [1.82, 2.24) is 0 Å². The van der Waals surface area contributed by atoms with Crippen LogP contribution in [0.3, 0.4) is 0 Å². The quantitative estimate of drug-likeness (QED) is 0.252. The standard InChI is InChI=1S/C29H27F5O2S/c1-27(31,29(32,33)34)22-8-14-26-20(18-22)7-13-25-21(17-19-5-3-2-4-6-19)15-16-28(25,26)37(35,36)24-11-9-23(30)10-12-24/h2-6,8-12,14,18,21,25H,7,13,15-17H2,1H3/t21-,25-,27?,28-/m0/s1. The van der Waals surface area contributed by atoms with Crippen LogP contribution in [-0.2, 0) is 33.1 Å². The Morgan fingerprint density at radius 2 is 1.59 bits per heavy atom. The van der Waals surface area contributed by atoms with Crippen LogP contribution >= 0.6 is 0 Å². The fraction of sp³-hybridized carbons (Fsp3) is 0.379. The minimum Gasteiger partial charge on any atom is -0.229 e. The highest BCUT2D eigenvalue weighted by Crippen LogP contribution is 2.60. The van der Waals surface area contributed by atoms with E-state index in [0.717, 1.165) is 23.8 Å². The molecular formula is C29H27F5O2S. The van der Waals surface area contributed by atoms with Crippen molar-refractivity contribution in [1.29, 1.82) is 0 Å². The monoisotopic (exact) mass is 534 g/mol. The first-order valence-corrected chi connectivity index (χ1v) is 13.8. The molecule has 1 fully saturated rings. The van der Waals surface area contributed by atoms with Crippen molar-refractivity contribution in [3.63, 3.8) is 0 Å². The van der Waals surface area contributed by atoms with Gasteiger partial charge in [-0.05, 0) is 97.4 Å². The van der Waals surface area contributed by atoms with E-state index in [0.29, 0.717) is 43.7 Å². The maximum atomic E-state index is 14.8. The van der Waals surface area contributed by atoms with Gasteiger partial charge in [-0.25, -0.2) is 17.2 Å². The van der Waals surface area contributed by atoms with Crippen LogP contribution < -0.4 is 0 Å². The number of hydrogen-bond donors (Lipinski definition) is 0. The van der Waals surface area contributed by atoms with E-state index in [1.165, 1.54) is 24.3 Å². The molecule has 3 aromatic rings. The first-order valence-electron chi connectivity index (χ1n) is 12.3. The SMILES string of the molecule is CC(F)(c1ccc2c(c1)CC[C@H]1[C@H](Cc3ccccc3)CC[C@@]21S(=O)(=O)c1ccc(F)cc1)C(F)(F)F. The Hall–Kier alpha value is -2.74. The van der Waals surface area contributed by atoms with Gasteiger partial charge in [0.15, 0.2) is 9.84 Å². The van der Waals surface area contributed by atoms with E-state index in [-0.39, 0.29) is 23.2 Å². The molecule has 0 saturated heterocycles. The molecule has 0 bridgehead atoms. The summed E-state index contributed by atoms with van der Waals surface area (Å²) in [5, 5.41) is 0. The minimum atomic E-state index is -5.11. The number of benzene rings is 3. The van der Waals surface area contributed by atoms with Gasteiger partial charge in [0.1, 0.15) is 10.6 Å². The molecule has 3 aromatic carbocycles. The Kier molecular flexibility index (Phi) is 6.25. The van der Waals surface area contributed by atoms with Crippen molar-refractivity contribution in [2.75, 3.05) is 0 Å².